The molecule has 0 aliphatic rings. The Balaban J connectivity index is 0. The van der Waals surface area contributed by atoms with Gasteiger partial charge in [-0.15, -0.1) is 0 Å². The van der Waals surface area contributed by atoms with Crippen LogP contribution in [0.3, 0.4) is 0 Å². The van der Waals surface area contributed by atoms with Crippen molar-refractivity contribution >= 4 is 43.7 Å². The summed E-state index contributed by atoms with van der Waals surface area (Å²) in [5.74, 6) is 0.348. The smallest absolute Gasteiger partial charge is 1.00 e. The molecule has 0 saturated heterocycles. The van der Waals surface area contributed by atoms with E-state index in [0.29, 0.717) is 12.2 Å². The van der Waals surface area contributed by atoms with Crippen molar-refractivity contribution < 1.29 is 12.4 Å². The molecule has 0 bridgehead atoms. The van der Waals surface area contributed by atoms with E-state index in [1.54, 1.807) is 12.1 Å². The van der Waals surface area contributed by atoms with E-state index in [2.05, 4.69) is 0 Å². The van der Waals surface area contributed by atoms with Crippen molar-refractivity contribution in [1.82, 2.24) is 0 Å². The van der Waals surface area contributed by atoms with Crippen LogP contribution in [0, 0.1) is 0 Å². The van der Waals surface area contributed by atoms with Crippen LogP contribution in [-0.2, 0) is 11.2 Å². The van der Waals surface area contributed by atoms with E-state index in [1.807, 2.05) is 48.5 Å². The van der Waals surface area contributed by atoms with E-state index in [-0.39, 0.29) is 46.6 Å². The quantitative estimate of drug-likeness (QED) is 0.478. The largest absolute Gasteiger partial charge is 2.00 e. The summed E-state index contributed by atoms with van der Waals surface area (Å²) >= 11 is 0. The van der Waals surface area contributed by atoms with Crippen molar-refractivity contribution in [3.05, 3.63) is 66.2 Å². The molecule has 2 nitrogen and oxygen atoms in total. The van der Waals surface area contributed by atoms with Crippen LogP contribution < -0.4 is 4.74 Å². The first-order chi connectivity index (χ1) is 7.84. The maximum atomic E-state index is 11.6. The molecule has 0 atom stereocenters. The zero-order valence-electron chi connectivity index (χ0n) is 11.5. The molecule has 0 saturated carbocycles. The molecule has 2 aromatic rings. The predicted octanol–water partition coefficient (Wildman–Crippen LogP) is 2.68. The van der Waals surface area contributed by atoms with Crippen LogP contribution in [0.5, 0.6) is 5.75 Å². The van der Waals surface area contributed by atoms with E-state index < -0.39 is 0 Å². The van der Waals surface area contributed by atoms with E-state index in [0.717, 1.165) is 5.56 Å². The molecule has 0 amide bonds. The fraction of sp³-hybridized carbons (Fsp3) is 0.0714. The average molecular weight is 254 g/mol. The Morgan fingerprint density at radius 2 is 1.47 bits per heavy atom. The van der Waals surface area contributed by atoms with Crippen LogP contribution in [0.2, 0.25) is 0 Å². The average Bonchev–Trinajstić information content (AvgIpc) is 2.31. The summed E-state index contributed by atoms with van der Waals surface area (Å²) in [4.78, 5) is 11.6. The molecule has 2 aromatic carbocycles. The standard InChI is InChI=1S/C14H12O2.Ca.2H/c15-14(11-12-7-3-1-4-8-12)16-13-9-5-2-6-10-13;;;/h1-10H,11H2;;;/q;+2;2*-1. The maximum absolute atomic E-state index is 11.6. The third-order valence-electron chi connectivity index (χ3n) is 2.17. The molecular weight excluding hydrogens is 240 g/mol. The number of carbonyl (C=O) groups excluding carboxylic acids is 1. The van der Waals surface area contributed by atoms with Gasteiger partial charge in [0.05, 0.1) is 6.42 Å². The van der Waals surface area contributed by atoms with Gasteiger partial charge >= 0.3 is 43.7 Å². The first kappa shape index (κ1) is 14.2. The monoisotopic (exact) mass is 254 g/mol. The number of rotatable bonds is 3. The summed E-state index contributed by atoms with van der Waals surface area (Å²) in [6, 6.07) is 18.7. The summed E-state index contributed by atoms with van der Waals surface area (Å²) in [6.07, 6.45) is 0.301. The number of hydrogen-bond donors (Lipinski definition) is 0. The SMILES string of the molecule is O=C(Cc1ccccc1)Oc1ccccc1.[Ca+2].[H-].[H-]. The Kier molecular flexibility index (Phi) is 6.27. The summed E-state index contributed by atoms with van der Waals surface area (Å²) in [5.41, 5.74) is 0.962. The second kappa shape index (κ2) is 7.49. The van der Waals surface area contributed by atoms with Crippen molar-refractivity contribution in [2.24, 2.45) is 0 Å². The Morgan fingerprint density at radius 3 is 2.06 bits per heavy atom. The van der Waals surface area contributed by atoms with Crippen LogP contribution in [0.25, 0.3) is 0 Å². The predicted molar refractivity (Wildman–Crippen MR) is 70.2 cm³/mol. The number of hydrogen-bond acceptors (Lipinski definition) is 2. The summed E-state index contributed by atoms with van der Waals surface area (Å²) < 4.78 is 5.18. The summed E-state index contributed by atoms with van der Waals surface area (Å²) in [5, 5.41) is 0. The number of para-hydroxylation sites is 1. The topological polar surface area (TPSA) is 26.3 Å². The second-order valence-electron chi connectivity index (χ2n) is 3.45. The molecule has 0 radical (unpaired) electrons. The van der Waals surface area contributed by atoms with Gasteiger partial charge < -0.3 is 7.59 Å². The normalized spacial score (nSPS) is 9.18. The first-order valence-corrected chi connectivity index (χ1v) is 5.14. The van der Waals surface area contributed by atoms with Crippen molar-refractivity contribution in [1.29, 1.82) is 0 Å². The van der Waals surface area contributed by atoms with Gasteiger partial charge in [-0.05, 0) is 17.7 Å². The molecule has 0 unspecified atom stereocenters. The molecular formula is C14H14CaO2. The number of benzene rings is 2. The Labute approximate surface area is 134 Å². The fourth-order valence-electron chi connectivity index (χ4n) is 1.42. The Bertz CT molecular complexity index is 420. The second-order valence-corrected chi connectivity index (χ2v) is 3.45. The van der Waals surface area contributed by atoms with Gasteiger partial charge in [0.2, 0.25) is 0 Å². The molecule has 0 spiro atoms. The first-order valence-electron chi connectivity index (χ1n) is 5.14. The molecule has 84 valence electrons. The maximum Gasteiger partial charge on any atom is 2.00 e. The van der Waals surface area contributed by atoms with E-state index >= 15 is 0 Å². The summed E-state index contributed by atoms with van der Waals surface area (Å²) in [6.45, 7) is 0. The van der Waals surface area contributed by atoms with E-state index in [4.69, 9.17) is 4.74 Å². The van der Waals surface area contributed by atoms with Gasteiger partial charge in [0.1, 0.15) is 5.75 Å². The Morgan fingerprint density at radius 1 is 0.941 bits per heavy atom. The van der Waals surface area contributed by atoms with Crippen LogP contribution >= 0.6 is 0 Å². The molecule has 17 heavy (non-hydrogen) atoms. The van der Waals surface area contributed by atoms with E-state index in [1.165, 1.54) is 0 Å². The zero-order valence-corrected chi connectivity index (χ0v) is 11.7. The molecule has 0 heterocycles. The number of ether oxygens (including phenoxy) is 1. The minimum Gasteiger partial charge on any atom is -1.00 e. The van der Waals surface area contributed by atoms with Crippen molar-refractivity contribution in [2.45, 2.75) is 6.42 Å². The van der Waals surface area contributed by atoms with Gasteiger partial charge in [-0.3, -0.25) is 4.79 Å². The molecule has 0 aliphatic heterocycles. The van der Waals surface area contributed by atoms with Crippen molar-refractivity contribution in [3.63, 3.8) is 0 Å². The van der Waals surface area contributed by atoms with Crippen LogP contribution in [0.4, 0.5) is 0 Å². The fourth-order valence-corrected chi connectivity index (χ4v) is 1.42. The molecule has 0 N–H and O–H groups in total. The minimum absolute atomic E-state index is 0. The van der Waals surface area contributed by atoms with Crippen LogP contribution in [0.1, 0.15) is 8.42 Å². The van der Waals surface area contributed by atoms with Crippen LogP contribution in [-0.4, -0.2) is 43.7 Å². The Hall–Kier alpha value is -0.830. The third kappa shape index (κ3) is 4.90. The van der Waals surface area contributed by atoms with Gasteiger partial charge in [0, 0.05) is 0 Å². The molecule has 3 heteroatoms. The summed E-state index contributed by atoms with van der Waals surface area (Å²) in [7, 11) is 0. The van der Waals surface area contributed by atoms with Gasteiger partial charge in [0.25, 0.3) is 0 Å². The molecule has 0 fully saturated rings. The van der Waals surface area contributed by atoms with Gasteiger partial charge in [-0.1, -0.05) is 48.5 Å². The molecule has 0 aliphatic carbocycles. The third-order valence-corrected chi connectivity index (χ3v) is 2.17. The molecule has 0 aromatic heterocycles. The minimum atomic E-state index is -0.239. The van der Waals surface area contributed by atoms with Gasteiger partial charge in [0.15, 0.2) is 0 Å². The number of esters is 1. The van der Waals surface area contributed by atoms with Gasteiger partial charge in [-0.25, -0.2) is 0 Å². The van der Waals surface area contributed by atoms with E-state index in [9.17, 15) is 4.79 Å². The zero-order chi connectivity index (χ0) is 11.2. The van der Waals surface area contributed by atoms with Crippen molar-refractivity contribution in [3.8, 4) is 5.75 Å². The molecule has 2 rings (SSSR count). The van der Waals surface area contributed by atoms with Gasteiger partial charge in [-0.2, -0.15) is 0 Å². The van der Waals surface area contributed by atoms with Crippen LogP contribution in [0.15, 0.2) is 60.7 Å². The number of carbonyl (C=O) groups is 1. The van der Waals surface area contributed by atoms with Crippen molar-refractivity contribution in [2.75, 3.05) is 0 Å².